The van der Waals surface area contributed by atoms with Gasteiger partial charge in [0.15, 0.2) is 0 Å². The van der Waals surface area contributed by atoms with Crippen LogP contribution < -0.4 is 4.74 Å². The van der Waals surface area contributed by atoms with E-state index in [1.807, 2.05) is 29.9 Å². The number of hydrogen-bond donors (Lipinski definition) is 0. The van der Waals surface area contributed by atoms with Gasteiger partial charge in [0.2, 0.25) is 5.88 Å². The maximum absolute atomic E-state index is 5.63. The second kappa shape index (κ2) is 8.26. The lowest BCUT2D eigenvalue weighted by atomic mass is 10.0. The summed E-state index contributed by atoms with van der Waals surface area (Å²) in [4.78, 5) is 2.50. The van der Waals surface area contributed by atoms with Crippen LogP contribution in [-0.2, 0) is 13.2 Å². The minimum Gasteiger partial charge on any atom is -0.470 e. The standard InChI is InChI=1S/C20H24N6O/c1-16-7-8-20(23-21-16)27-15-18-14-26(24-22-18)19-9-11-25(12-10-19)13-17-5-3-2-4-6-17/h2-8,14,19H,9-13,15H2,1H3. The molecule has 27 heavy (non-hydrogen) atoms. The molecule has 0 aliphatic carbocycles. The Labute approximate surface area is 159 Å². The highest BCUT2D eigenvalue weighted by atomic mass is 16.5. The molecule has 1 fully saturated rings. The molecule has 7 nitrogen and oxygen atoms in total. The first-order valence-corrected chi connectivity index (χ1v) is 9.36. The zero-order valence-electron chi connectivity index (χ0n) is 15.5. The third-order valence-corrected chi connectivity index (χ3v) is 4.88. The fraction of sp³-hybridized carbons (Fsp3) is 0.400. The van der Waals surface area contributed by atoms with E-state index in [0.717, 1.165) is 43.9 Å². The summed E-state index contributed by atoms with van der Waals surface area (Å²) >= 11 is 0. The molecule has 0 unspecified atom stereocenters. The SMILES string of the molecule is Cc1ccc(OCc2cn(C3CCN(Cc4ccccc4)CC3)nn2)nn1. The van der Waals surface area contributed by atoms with Gasteiger partial charge in [0, 0.05) is 25.7 Å². The van der Waals surface area contributed by atoms with Crippen molar-refractivity contribution in [2.75, 3.05) is 13.1 Å². The summed E-state index contributed by atoms with van der Waals surface area (Å²) in [6.45, 7) is 5.41. The van der Waals surface area contributed by atoms with Gasteiger partial charge in [0.25, 0.3) is 0 Å². The van der Waals surface area contributed by atoms with E-state index in [1.54, 1.807) is 0 Å². The lowest BCUT2D eigenvalue weighted by Crippen LogP contribution is -2.34. The Hall–Kier alpha value is -2.80. The van der Waals surface area contributed by atoms with E-state index >= 15 is 0 Å². The van der Waals surface area contributed by atoms with Gasteiger partial charge in [-0.25, -0.2) is 4.68 Å². The van der Waals surface area contributed by atoms with E-state index < -0.39 is 0 Å². The molecule has 0 saturated carbocycles. The summed E-state index contributed by atoms with van der Waals surface area (Å²) in [6.07, 6.45) is 4.15. The molecule has 7 heteroatoms. The quantitative estimate of drug-likeness (QED) is 0.670. The van der Waals surface area contributed by atoms with Gasteiger partial charge in [-0.15, -0.1) is 10.2 Å². The van der Waals surface area contributed by atoms with Crippen molar-refractivity contribution >= 4 is 0 Å². The zero-order valence-corrected chi connectivity index (χ0v) is 15.5. The molecule has 140 valence electrons. The average molecular weight is 364 g/mol. The topological polar surface area (TPSA) is 69.0 Å². The number of benzene rings is 1. The number of ether oxygens (including phenoxy) is 1. The second-order valence-electron chi connectivity index (χ2n) is 6.98. The van der Waals surface area contributed by atoms with Crippen LogP contribution >= 0.6 is 0 Å². The monoisotopic (exact) mass is 364 g/mol. The van der Waals surface area contributed by atoms with Crippen LogP contribution in [0.3, 0.4) is 0 Å². The Balaban J connectivity index is 1.27. The average Bonchev–Trinajstić information content (AvgIpc) is 3.18. The molecule has 0 amide bonds. The molecule has 1 aliphatic rings. The molecule has 0 N–H and O–H groups in total. The number of hydrogen-bond acceptors (Lipinski definition) is 6. The maximum Gasteiger partial charge on any atom is 0.233 e. The molecule has 0 bridgehead atoms. The van der Waals surface area contributed by atoms with Gasteiger partial charge in [0.1, 0.15) is 12.3 Å². The summed E-state index contributed by atoms with van der Waals surface area (Å²) < 4.78 is 7.62. The van der Waals surface area contributed by atoms with Crippen LogP contribution in [0.1, 0.15) is 35.8 Å². The van der Waals surface area contributed by atoms with Crippen molar-refractivity contribution in [2.24, 2.45) is 0 Å². The van der Waals surface area contributed by atoms with Crippen LogP contribution in [0, 0.1) is 6.92 Å². The summed E-state index contributed by atoms with van der Waals surface area (Å²) in [6, 6.07) is 14.7. The normalized spacial score (nSPS) is 15.7. The first-order valence-electron chi connectivity index (χ1n) is 9.36. The van der Waals surface area contributed by atoms with Gasteiger partial charge in [-0.2, -0.15) is 5.10 Å². The number of piperidine rings is 1. The van der Waals surface area contributed by atoms with Crippen molar-refractivity contribution in [3.8, 4) is 5.88 Å². The van der Waals surface area contributed by atoms with Crippen molar-refractivity contribution in [1.82, 2.24) is 30.1 Å². The fourth-order valence-corrected chi connectivity index (χ4v) is 3.35. The number of nitrogens with zero attached hydrogens (tertiary/aromatic N) is 6. The van der Waals surface area contributed by atoms with Gasteiger partial charge in [0.05, 0.1) is 17.9 Å². The lowest BCUT2D eigenvalue weighted by Gasteiger charge is -2.31. The van der Waals surface area contributed by atoms with Crippen molar-refractivity contribution in [3.05, 3.63) is 65.6 Å². The third kappa shape index (κ3) is 4.68. The van der Waals surface area contributed by atoms with Crippen LogP contribution in [0.2, 0.25) is 0 Å². The molecule has 3 heterocycles. The highest BCUT2D eigenvalue weighted by Crippen LogP contribution is 2.23. The van der Waals surface area contributed by atoms with Crippen molar-refractivity contribution in [2.45, 2.75) is 39.0 Å². The zero-order chi connectivity index (χ0) is 18.5. The van der Waals surface area contributed by atoms with Crippen LogP contribution in [0.15, 0.2) is 48.7 Å². The first-order chi connectivity index (χ1) is 13.3. The minimum atomic E-state index is 0.352. The summed E-state index contributed by atoms with van der Waals surface area (Å²) in [5, 5.41) is 16.5. The molecular weight excluding hydrogens is 340 g/mol. The van der Waals surface area contributed by atoms with Crippen LogP contribution in [0.25, 0.3) is 0 Å². The summed E-state index contributed by atoms with van der Waals surface area (Å²) in [5.74, 6) is 0.504. The Morgan fingerprint density at radius 1 is 1.00 bits per heavy atom. The van der Waals surface area contributed by atoms with Gasteiger partial charge in [-0.05, 0) is 31.4 Å². The van der Waals surface area contributed by atoms with Crippen molar-refractivity contribution in [1.29, 1.82) is 0 Å². The fourth-order valence-electron chi connectivity index (χ4n) is 3.35. The Morgan fingerprint density at radius 3 is 2.56 bits per heavy atom. The largest absolute Gasteiger partial charge is 0.470 e. The molecule has 1 aliphatic heterocycles. The van der Waals surface area contributed by atoms with E-state index in [9.17, 15) is 0 Å². The highest BCUT2D eigenvalue weighted by Gasteiger charge is 2.21. The molecule has 0 atom stereocenters. The molecule has 1 aromatic carbocycles. The Morgan fingerprint density at radius 2 is 1.81 bits per heavy atom. The first kappa shape index (κ1) is 17.6. The summed E-state index contributed by atoms with van der Waals surface area (Å²) in [7, 11) is 0. The van der Waals surface area contributed by atoms with Gasteiger partial charge in [-0.1, -0.05) is 35.5 Å². The number of rotatable bonds is 6. The van der Waals surface area contributed by atoms with Gasteiger partial charge < -0.3 is 4.74 Å². The highest BCUT2D eigenvalue weighted by molar-refractivity contribution is 5.14. The minimum absolute atomic E-state index is 0.352. The maximum atomic E-state index is 5.63. The number of aromatic nitrogens is 5. The van der Waals surface area contributed by atoms with Crippen LogP contribution in [-0.4, -0.2) is 43.2 Å². The Bertz CT molecular complexity index is 840. The lowest BCUT2D eigenvalue weighted by molar-refractivity contribution is 0.172. The molecule has 0 radical (unpaired) electrons. The Kier molecular flexibility index (Phi) is 5.39. The predicted molar refractivity (Wildman–Crippen MR) is 101 cm³/mol. The van der Waals surface area contributed by atoms with E-state index in [-0.39, 0.29) is 0 Å². The van der Waals surface area contributed by atoms with Gasteiger partial charge >= 0.3 is 0 Å². The molecule has 4 rings (SSSR count). The second-order valence-corrected chi connectivity index (χ2v) is 6.98. The molecule has 2 aromatic heterocycles. The molecule has 0 spiro atoms. The molecule has 1 saturated heterocycles. The van der Waals surface area contributed by atoms with Crippen molar-refractivity contribution in [3.63, 3.8) is 0 Å². The van der Waals surface area contributed by atoms with E-state index in [1.165, 1.54) is 5.56 Å². The van der Waals surface area contributed by atoms with Gasteiger partial charge in [-0.3, -0.25) is 4.90 Å². The van der Waals surface area contributed by atoms with E-state index in [2.05, 4.69) is 55.7 Å². The van der Waals surface area contributed by atoms with E-state index in [0.29, 0.717) is 18.5 Å². The van der Waals surface area contributed by atoms with E-state index in [4.69, 9.17) is 4.74 Å². The molecular formula is C20H24N6O. The summed E-state index contributed by atoms with van der Waals surface area (Å²) in [5.41, 5.74) is 3.05. The third-order valence-electron chi connectivity index (χ3n) is 4.88. The number of aryl methyl sites for hydroxylation is 1. The van der Waals surface area contributed by atoms with Crippen LogP contribution in [0.4, 0.5) is 0 Å². The smallest absolute Gasteiger partial charge is 0.233 e. The predicted octanol–water partition coefficient (Wildman–Crippen LogP) is 2.79. The van der Waals surface area contributed by atoms with Crippen molar-refractivity contribution < 1.29 is 4.74 Å². The number of likely N-dealkylation sites (tertiary alicyclic amines) is 1. The van der Waals surface area contributed by atoms with Crippen LogP contribution in [0.5, 0.6) is 5.88 Å². The molecule has 3 aromatic rings.